The number of hydrogen-bond acceptors (Lipinski definition) is 6. The van der Waals surface area contributed by atoms with Crippen molar-refractivity contribution >= 4 is 27.3 Å². The Morgan fingerprint density at radius 3 is 2.83 bits per heavy atom. The minimum absolute atomic E-state index is 0.0845. The number of amides is 1. The van der Waals surface area contributed by atoms with Crippen LogP contribution >= 0.6 is 0 Å². The van der Waals surface area contributed by atoms with Crippen LogP contribution in [0.4, 0.5) is 11.4 Å². The number of rotatable bonds is 6. The molecule has 2 aliphatic rings. The average Bonchev–Trinajstić information content (AvgIpc) is 3.23. The van der Waals surface area contributed by atoms with Gasteiger partial charge in [-0.3, -0.25) is 4.79 Å². The molecule has 2 aromatic carbocycles. The molecule has 0 aromatic heterocycles. The molecule has 0 unspecified atom stereocenters. The molecule has 9 heteroatoms. The Hall–Kier alpha value is -2.78. The van der Waals surface area contributed by atoms with Crippen molar-refractivity contribution in [1.82, 2.24) is 0 Å². The standard InChI is InChI=1S/C21H25N3O5S/c1-3-28-20-10-15-8-13(2)29-19(15)11-17(20)23-21(25)12-24-7-6-14-9-16(30(22,26)27)4-5-18(14)24/h4-5,9-11,13H,3,6-8,12H2,1-2H3,(H,23,25)(H2,22,26,27)/t13-/m1/s1. The summed E-state index contributed by atoms with van der Waals surface area (Å²) in [5, 5.41) is 8.14. The number of carbonyl (C=O) groups is 1. The van der Waals surface area contributed by atoms with Gasteiger partial charge in [0.15, 0.2) is 0 Å². The minimum atomic E-state index is -3.75. The minimum Gasteiger partial charge on any atom is -0.492 e. The highest BCUT2D eigenvalue weighted by Crippen LogP contribution is 2.38. The molecule has 2 aromatic rings. The molecule has 30 heavy (non-hydrogen) atoms. The summed E-state index contributed by atoms with van der Waals surface area (Å²) in [7, 11) is -3.75. The third kappa shape index (κ3) is 4.08. The van der Waals surface area contributed by atoms with Gasteiger partial charge in [0.25, 0.3) is 0 Å². The highest BCUT2D eigenvalue weighted by atomic mass is 32.2. The second-order valence-corrected chi connectivity index (χ2v) is 9.14. The van der Waals surface area contributed by atoms with Crippen LogP contribution in [-0.4, -0.2) is 40.1 Å². The molecule has 4 rings (SSSR count). The predicted octanol–water partition coefficient (Wildman–Crippen LogP) is 2.06. The van der Waals surface area contributed by atoms with Crippen molar-refractivity contribution in [1.29, 1.82) is 0 Å². The fourth-order valence-electron chi connectivity index (χ4n) is 3.96. The molecule has 0 aliphatic carbocycles. The molecule has 8 nitrogen and oxygen atoms in total. The van der Waals surface area contributed by atoms with Gasteiger partial charge in [0.05, 0.1) is 23.7 Å². The van der Waals surface area contributed by atoms with Crippen LogP contribution in [-0.2, 0) is 27.7 Å². The quantitative estimate of drug-likeness (QED) is 0.724. The van der Waals surface area contributed by atoms with E-state index in [0.29, 0.717) is 31.0 Å². The topological polar surface area (TPSA) is 111 Å². The first-order valence-electron chi connectivity index (χ1n) is 9.91. The summed E-state index contributed by atoms with van der Waals surface area (Å²) in [6, 6.07) is 8.49. The molecule has 0 bridgehead atoms. The molecule has 1 amide bonds. The lowest BCUT2D eigenvalue weighted by molar-refractivity contribution is -0.115. The zero-order chi connectivity index (χ0) is 21.5. The van der Waals surface area contributed by atoms with Crippen molar-refractivity contribution in [3.63, 3.8) is 0 Å². The Kier molecular flexibility index (Phi) is 5.33. The van der Waals surface area contributed by atoms with E-state index in [1.165, 1.54) is 6.07 Å². The Balaban J connectivity index is 1.50. The molecule has 3 N–H and O–H groups in total. The number of anilines is 2. The second kappa shape index (κ2) is 7.81. The van der Waals surface area contributed by atoms with Crippen molar-refractivity contribution in [2.24, 2.45) is 5.14 Å². The monoisotopic (exact) mass is 431 g/mol. The van der Waals surface area contributed by atoms with Gasteiger partial charge in [-0.05, 0) is 50.1 Å². The van der Waals surface area contributed by atoms with Crippen LogP contribution in [0.3, 0.4) is 0 Å². The molecule has 0 saturated heterocycles. The number of sulfonamides is 1. The maximum Gasteiger partial charge on any atom is 0.243 e. The first kappa shape index (κ1) is 20.5. The summed E-state index contributed by atoms with van der Waals surface area (Å²) in [6.45, 7) is 5.16. The smallest absolute Gasteiger partial charge is 0.243 e. The summed E-state index contributed by atoms with van der Waals surface area (Å²) in [5.74, 6) is 1.20. The molecule has 160 valence electrons. The van der Waals surface area contributed by atoms with Crippen LogP contribution in [0, 0.1) is 0 Å². The van der Waals surface area contributed by atoms with E-state index in [1.807, 2.05) is 30.9 Å². The highest BCUT2D eigenvalue weighted by Gasteiger charge is 2.25. The summed E-state index contributed by atoms with van der Waals surface area (Å²) >= 11 is 0. The number of ether oxygens (including phenoxy) is 2. The first-order chi connectivity index (χ1) is 14.2. The van der Waals surface area contributed by atoms with Crippen LogP contribution < -0.4 is 24.8 Å². The number of carbonyl (C=O) groups excluding carboxylic acids is 1. The third-order valence-electron chi connectivity index (χ3n) is 5.28. The maximum absolute atomic E-state index is 12.8. The number of hydrogen-bond donors (Lipinski definition) is 2. The highest BCUT2D eigenvalue weighted by molar-refractivity contribution is 7.89. The fourth-order valence-corrected chi connectivity index (χ4v) is 4.53. The SMILES string of the molecule is CCOc1cc2c(cc1NC(=O)CN1CCc3cc(S(N)(=O)=O)ccc31)O[C@H](C)C2. The van der Waals surface area contributed by atoms with Crippen molar-refractivity contribution < 1.29 is 22.7 Å². The average molecular weight is 432 g/mol. The van der Waals surface area contributed by atoms with Gasteiger partial charge in [-0.25, -0.2) is 13.6 Å². The molecule has 1 atom stereocenters. The van der Waals surface area contributed by atoms with Crippen LogP contribution in [0.2, 0.25) is 0 Å². The van der Waals surface area contributed by atoms with Gasteiger partial charge >= 0.3 is 0 Å². The molecule has 2 aliphatic heterocycles. The molecule has 2 heterocycles. The number of nitrogens with zero attached hydrogens (tertiary/aromatic N) is 1. The largest absolute Gasteiger partial charge is 0.492 e. The Bertz CT molecular complexity index is 1100. The van der Waals surface area contributed by atoms with Gasteiger partial charge in [0.1, 0.15) is 17.6 Å². The van der Waals surface area contributed by atoms with E-state index in [1.54, 1.807) is 12.1 Å². The molecular formula is C21H25N3O5S. The molecular weight excluding hydrogens is 406 g/mol. The van der Waals surface area contributed by atoms with Crippen molar-refractivity contribution in [3.05, 3.63) is 41.5 Å². The number of benzene rings is 2. The summed E-state index contributed by atoms with van der Waals surface area (Å²) in [6.07, 6.45) is 1.57. The van der Waals surface area contributed by atoms with E-state index >= 15 is 0 Å². The van der Waals surface area contributed by atoms with E-state index in [9.17, 15) is 13.2 Å². The number of fused-ring (bicyclic) bond motifs is 2. The van der Waals surface area contributed by atoms with E-state index in [2.05, 4.69) is 5.32 Å². The molecule has 0 spiro atoms. The number of nitrogens with one attached hydrogen (secondary N) is 1. The summed E-state index contributed by atoms with van der Waals surface area (Å²) in [4.78, 5) is 14.8. The van der Waals surface area contributed by atoms with Crippen LogP contribution in [0.5, 0.6) is 11.5 Å². The first-order valence-corrected chi connectivity index (χ1v) is 11.5. The Labute approximate surface area is 176 Å². The zero-order valence-electron chi connectivity index (χ0n) is 17.0. The number of primary sulfonamides is 1. The van der Waals surface area contributed by atoms with Gasteiger partial charge in [-0.1, -0.05) is 0 Å². The molecule has 0 saturated carbocycles. The van der Waals surface area contributed by atoms with Gasteiger partial charge < -0.3 is 19.7 Å². The van der Waals surface area contributed by atoms with Gasteiger partial charge in [-0.15, -0.1) is 0 Å². The molecule has 0 radical (unpaired) electrons. The van der Waals surface area contributed by atoms with Crippen molar-refractivity contribution in [2.75, 3.05) is 29.9 Å². The van der Waals surface area contributed by atoms with Gasteiger partial charge in [0, 0.05) is 30.3 Å². The number of nitrogens with two attached hydrogens (primary N) is 1. The zero-order valence-corrected chi connectivity index (χ0v) is 17.8. The van der Waals surface area contributed by atoms with E-state index in [0.717, 1.165) is 29.0 Å². The van der Waals surface area contributed by atoms with E-state index in [-0.39, 0.29) is 23.5 Å². The predicted molar refractivity (Wildman–Crippen MR) is 114 cm³/mol. The van der Waals surface area contributed by atoms with Crippen molar-refractivity contribution in [2.45, 2.75) is 37.7 Å². The van der Waals surface area contributed by atoms with Gasteiger partial charge in [-0.2, -0.15) is 0 Å². The van der Waals surface area contributed by atoms with E-state index in [4.69, 9.17) is 14.6 Å². The lowest BCUT2D eigenvalue weighted by Crippen LogP contribution is -2.32. The lowest BCUT2D eigenvalue weighted by Gasteiger charge is -2.20. The maximum atomic E-state index is 12.8. The Morgan fingerprint density at radius 2 is 2.10 bits per heavy atom. The van der Waals surface area contributed by atoms with E-state index < -0.39 is 10.0 Å². The van der Waals surface area contributed by atoms with Crippen LogP contribution in [0.25, 0.3) is 0 Å². The summed E-state index contributed by atoms with van der Waals surface area (Å²) in [5.41, 5.74) is 3.36. The lowest BCUT2D eigenvalue weighted by atomic mass is 10.1. The van der Waals surface area contributed by atoms with Crippen LogP contribution in [0.1, 0.15) is 25.0 Å². The Morgan fingerprint density at radius 1 is 1.30 bits per heavy atom. The normalized spacial score (nSPS) is 17.3. The molecule has 0 fully saturated rings. The second-order valence-electron chi connectivity index (χ2n) is 7.58. The van der Waals surface area contributed by atoms with Crippen molar-refractivity contribution in [3.8, 4) is 11.5 Å². The fraction of sp³-hybridized carbons (Fsp3) is 0.381. The van der Waals surface area contributed by atoms with Crippen LogP contribution in [0.15, 0.2) is 35.2 Å². The van der Waals surface area contributed by atoms with Gasteiger partial charge in [0.2, 0.25) is 15.9 Å². The third-order valence-corrected chi connectivity index (χ3v) is 6.19. The summed E-state index contributed by atoms with van der Waals surface area (Å²) < 4.78 is 34.6.